The molecule has 2 aliphatic rings. The van der Waals surface area contributed by atoms with E-state index in [9.17, 15) is 0 Å². The Hall–Kier alpha value is -0.510. The smallest absolute Gasteiger partial charge is 0.0108 e. The third-order valence-electron chi connectivity index (χ3n) is 4.36. The Balaban J connectivity index is 1.54. The number of rotatable bonds is 4. The maximum Gasteiger partial charge on any atom is 0.0108 e. The standard InChI is InChI=1S/C16H24N2S/c1-18(10-13-6-8-17-9-7-13)11-14-12-19-16-5-3-2-4-15(14)16/h2-5,13-14,17H,6-12H2,1H3. The van der Waals surface area contributed by atoms with Gasteiger partial charge in [0.15, 0.2) is 0 Å². The lowest BCUT2D eigenvalue weighted by Crippen LogP contribution is -2.36. The fourth-order valence-corrected chi connectivity index (χ4v) is 4.58. The normalized spacial score (nSPS) is 23.8. The number of hydrogen-bond donors (Lipinski definition) is 1. The summed E-state index contributed by atoms with van der Waals surface area (Å²) in [6.07, 6.45) is 2.70. The van der Waals surface area contributed by atoms with Crippen molar-refractivity contribution < 1.29 is 0 Å². The van der Waals surface area contributed by atoms with Crippen LogP contribution in [-0.4, -0.2) is 43.9 Å². The van der Waals surface area contributed by atoms with Gasteiger partial charge in [0.25, 0.3) is 0 Å². The molecule has 1 saturated heterocycles. The summed E-state index contributed by atoms with van der Waals surface area (Å²) in [6.45, 7) is 4.90. The predicted molar refractivity (Wildman–Crippen MR) is 83.0 cm³/mol. The first-order valence-electron chi connectivity index (χ1n) is 7.44. The largest absolute Gasteiger partial charge is 0.317 e. The second-order valence-electron chi connectivity index (χ2n) is 5.96. The summed E-state index contributed by atoms with van der Waals surface area (Å²) in [5, 5.41) is 3.45. The predicted octanol–water partition coefficient (Wildman–Crippen LogP) is 2.81. The summed E-state index contributed by atoms with van der Waals surface area (Å²) in [5.74, 6) is 2.89. The topological polar surface area (TPSA) is 15.3 Å². The number of benzene rings is 1. The molecule has 3 rings (SSSR count). The SMILES string of the molecule is CN(CC1CCNCC1)CC1CSc2ccccc21. The van der Waals surface area contributed by atoms with Crippen LogP contribution >= 0.6 is 11.8 Å². The highest BCUT2D eigenvalue weighted by Crippen LogP contribution is 2.39. The molecule has 2 aliphatic heterocycles. The Morgan fingerprint density at radius 2 is 2.00 bits per heavy atom. The molecule has 104 valence electrons. The van der Waals surface area contributed by atoms with Gasteiger partial charge in [0.1, 0.15) is 0 Å². The number of hydrogen-bond acceptors (Lipinski definition) is 3. The zero-order valence-corrected chi connectivity index (χ0v) is 12.6. The highest BCUT2D eigenvalue weighted by atomic mass is 32.2. The molecular weight excluding hydrogens is 252 g/mol. The summed E-state index contributed by atoms with van der Waals surface area (Å²) in [7, 11) is 2.30. The van der Waals surface area contributed by atoms with Crippen molar-refractivity contribution in [1.82, 2.24) is 10.2 Å². The molecule has 1 N–H and O–H groups in total. The first-order valence-corrected chi connectivity index (χ1v) is 8.42. The molecule has 0 aliphatic carbocycles. The maximum absolute atomic E-state index is 3.45. The minimum absolute atomic E-state index is 0.730. The van der Waals surface area contributed by atoms with Crippen LogP contribution in [0.3, 0.4) is 0 Å². The zero-order chi connectivity index (χ0) is 13.1. The van der Waals surface area contributed by atoms with Crippen LogP contribution in [0.2, 0.25) is 0 Å². The van der Waals surface area contributed by atoms with Crippen LogP contribution in [0.1, 0.15) is 24.3 Å². The third-order valence-corrected chi connectivity index (χ3v) is 5.61. The van der Waals surface area contributed by atoms with E-state index in [1.807, 2.05) is 11.8 Å². The molecule has 2 nitrogen and oxygen atoms in total. The van der Waals surface area contributed by atoms with Gasteiger partial charge in [-0.25, -0.2) is 0 Å². The molecule has 0 spiro atoms. The molecule has 1 aromatic rings. The van der Waals surface area contributed by atoms with E-state index < -0.39 is 0 Å². The number of nitrogens with one attached hydrogen (secondary N) is 1. The van der Waals surface area contributed by atoms with Gasteiger partial charge in [-0.15, -0.1) is 11.8 Å². The maximum atomic E-state index is 3.45. The minimum atomic E-state index is 0.730. The zero-order valence-electron chi connectivity index (χ0n) is 11.8. The van der Waals surface area contributed by atoms with E-state index in [0.717, 1.165) is 11.8 Å². The minimum Gasteiger partial charge on any atom is -0.317 e. The Bertz CT molecular complexity index is 415. The second kappa shape index (κ2) is 6.29. The Morgan fingerprint density at radius 1 is 1.21 bits per heavy atom. The molecule has 0 bridgehead atoms. The van der Waals surface area contributed by atoms with Crippen molar-refractivity contribution in [3.8, 4) is 0 Å². The molecule has 0 saturated carbocycles. The lowest BCUT2D eigenvalue weighted by Gasteiger charge is -2.29. The van der Waals surface area contributed by atoms with Gasteiger partial charge in [0.2, 0.25) is 0 Å². The lowest BCUT2D eigenvalue weighted by atomic mass is 9.96. The van der Waals surface area contributed by atoms with Crippen molar-refractivity contribution in [2.75, 3.05) is 39.0 Å². The van der Waals surface area contributed by atoms with E-state index in [1.165, 1.54) is 49.7 Å². The van der Waals surface area contributed by atoms with Crippen molar-refractivity contribution in [3.63, 3.8) is 0 Å². The van der Waals surface area contributed by atoms with Crippen LogP contribution in [0, 0.1) is 5.92 Å². The summed E-state index contributed by atoms with van der Waals surface area (Å²) in [4.78, 5) is 4.06. The summed E-state index contributed by atoms with van der Waals surface area (Å²) in [5.41, 5.74) is 1.57. The van der Waals surface area contributed by atoms with Gasteiger partial charge in [0.05, 0.1) is 0 Å². The first-order chi connectivity index (χ1) is 9.33. The van der Waals surface area contributed by atoms with E-state index in [-0.39, 0.29) is 0 Å². The molecule has 1 unspecified atom stereocenters. The molecular formula is C16H24N2S. The number of piperidine rings is 1. The van der Waals surface area contributed by atoms with Crippen molar-refractivity contribution in [2.24, 2.45) is 5.92 Å². The number of likely N-dealkylation sites (N-methyl/N-ethyl adjacent to an activating group) is 1. The van der Waals surface area contributed by atoms with Crippen LogP contribution < -0.4 is 5.32 Å². The highest BCUT2D eigenvalue weighted by Gasteiger charge is 2.24. The van der Waals surface area contributed by atoms with Crippen molar-refractivity contribution >= 4 is 11.8 Å². The summed E-state index contributed by atoms with van der Waals surface area (Å²) >= 11 is 2.03. The molecule has 1 fully saturated rings. The van der Waals surface area contributed by atoms with Crippen LogP contribution in [0.25, 0.3) is 0 Å². The van der Waals surface area contributed by atoms with E-state index in [4.69, 9.17) is 0 Å². The van der Waals surface area contributed by atoms with Crippen LogP contribution in [0.15, 0.2) is 29.2 Å². The fourth-order valence-electron chi connectivity index (χ4n) is 3.34. The molecule has 1 atom stereocenters. The van der Waals surface area contributed by atoms with Crippen molar-refractivity contribution in [3.05, 3.63) is 29.8 Å². The molecule has 0 amide bonds. The quantitative estimate of drug-likeness (QED) is 0.910. The van der Waals surface area contributed by atoms with Gasteiger partial charge in [-0.1, -0.05) is 18.2 Å². The van der Waals surface area contributed by atoms with Gasteiger partial charge < -0.3 is 10.2 Å². The second-order valence-corrected chi connectivity index (χ2v) is 7.02. The van der Waals surface area contributed by atoms with Crippen molar-refractivity contribution in [1.29, 1.82) is 0 Å². The lowest BCUT2D eigenvalue weighted by molar-refractivity contribution is 0.233. The Morgan fingerprint density at radius 3 is 2.84 bits per heavy atom. The molecule has 19 heavy (non-hydrogen) atoms. The number of fused-ring (bicyclic) bond motifs is 1. The van der Waals surface area contributed by atoms with E-state index >= 15 is 0 Å². The molecule has 1 aromatic carbocycles. The van der Waals surface area contributed by atoms with E-state index in [0.29, 0.717) is 0 Å². The highest BCUT2D eigenvalue weighted by molar-refractivity contribution is 7.99. The van der Waals surface area contributed by atoms with E-state index in [2.05, 4.69) is 41.5 Å². The monoisotopic (exact) mass is 276 g/mol. The van der Waals surface area contributed by atoms with Gasteiger partial charge in [0, 0.05) is 29.7 Å². The van der Waals surface area contributed by atoms with Crippen LogP contribution in [0.5, 0.6) is 0 Å². The van der Waals surface area contributed by atoms with Crippen LogP contribution in [-0.2, 0) is 0 Å². The summed E-state index contributed by atoms with van der Waals surface area (Å²) in [6, 6.07) is 8.93. The Labute approximate surface area is 121 Å². The number of thioether (sulfide) groups is 1. The van der Waals surface area contributed by atoms with Gasteiger partial charge in [-0.2, -0.15) is 0 Å². The molecule has 0 radical (unpaired) electrons. The van der Waals surface area contributed by atoms with Crippen LogP contribution in [0.4, 0.5) is 0 Å². The fraction of sp³-hybridized carbons (Fsp3) is 0.625. The average molecular weight is 276 g/mol. The van der Waals surface area contributed by atoms with Gasteiger partial charge >= 0.3 is 0 Å². The third kappa shape index (κ3) is 3.33. The van der Waals surface area contributed by atoms with Gasteiger partial charge in [-0.05, 0) is 50.5 Å². The number of nitrogens with zero attached hydrogens (tertiary/aromatic N) is 1. The Kier molecular flexibility index (Phi) is 4.46. The molecule has 3 heteroatoms. The molecule has 2 heterocycles. The van der Waals surface area contributed by atoms with Crippen molar-refractivity contribution in [2.45, 2.75) is 23.7 Å². The van der Waals surface area contributed by atoms with Gasteiger partial charge in [-0.3, -0.25) is 0 Å². The first kappa shape index (κ1) is 13.5. The summed E-state index contributed by atoms with van der Waals surface area (Å²) < 4.78 is 0. The average Bonchev–Trinajstić information content (AvgIpc) is 2.83. The molecule has 0 aromatic heterocycles. The van der Waals surface area contributed by atoms with E-state index in [1.54, 1.807) is 5.56 Å².